The van der Waals surface area contributed by atoms with Crippen LogP contribution in [0.15, 0.2) is 176 Å². The lowest BCUT2D eigenvalue weighted by atomic mass is 9.94. The third-order valence-electron chi connectivity index (χ3n) is 10.9. The van der Waals surface area contributed by atoms with Gasteiger partial charge in [-0.15, -0.1) is 0 Å². The molecule has 0 N–H and O–H groups in total. The lowest BCUT2D eigenvalue weighted by Gasteiger charge is -2.19. The molecule has 1 aliphatic heterocycles. The van der Waals surface area contributed by atoms with Gasteiger partial charge in [0.15, 0.2) is 17.5 Å². The van der Waals surface area contributed by atoms with Crippen LogP contribution in [0.2, 0.25) is 13.1 Å². The van der Waals surface area contributed by atoms with Crippen LogP contribution in [0.1, 0.15) is 0 Å². The van der Waals surface area contributed by atoms with Crippen molar-refractivity contribution < 1.29 is 0 Å². The average molecular weight is 694 g/mol. The Balaban J connectivity index is 1.19. The molecule has 9 aromatic rings. The number of aromatic nitrogens is 3. The predicted molar refractivity (Wildman–Crippen MR) is 224 cm³/mol. The van der Waals surface area contributed by atoms with Crippen LogP contribution in [-0.4, -0.2) is 23.0 Å². The number of rotatable bonds is 5. The van der Waals surface area contributed by atoms with Crippen LogP contribution in [-0.2, 0) is 0 Å². The van der Waals surface area contributed by atoms with Crippen molar-refractivity contribution in [3.05, 3.63) is 176 Å². The van der Waals surface area contributed by atoms with Gasteiger partial charge in [0, 0.05) is 16.7 Å². The number of hydrogen-bond donors (Lipinski definition) is 0. The van der Waals surface area contributed by atoms with Gasteiger partial charge >= 0.3 is 0 Å². The van der Waals surface area contributed by atoms with Crippen molar-refractivity contribution in [3.63, 3.8) is 0 Å². The minimum absolute atomic E-state index is 0.660. The number of hydrogen-bond acceptors (Lipinski definition) is 3. The third kappa shape index (κ3) is 5.30. The van der Waals surface area contributed by atoms with Crippen molar-refractivity contribution in [1.29, 1.82) is 0 Å². The van der Waals surface area contributed by atoms with E-state index < -0.39 is 8.07 Å². The Morgan fingerprint density at radius 1 is 0.340 bits per heavy atom. The van der Waals surface area contributed by atoms with Crippen molar-refractivity contribution in [2.24, 2.45) is 0 Å². The van der Waals surface area contributed by atoms with Gasteiger partial charge in [0.05, 0.1) is 0 Å². The van der Waals surface area contributed by atoms with Gasteiger partial charge in [0.1, 0.15) is 8.07 Å². The first-order valence-electron chi connectivity index (χ1n) is 18.2. The zero-order chi connectivity index (χ0) is 35.5. The molecule has 0 spiro atoms. The van der Waals surface area contributed by atoms with Gasteiger partial charge in [-0.05, 0) is 83.5 Å². The molecule has 0 saturated carbocycles. The molecule has 1 aliphatic rings. The Kier molecular flexibility index (Phi) is 7.27. The maximum atomic E-state index is 5.32. The highest BCUT2D eigenvalue weighted by Gasteiger charge is 2.40. The quantitative estimate of drug-likeness (QED) is 0.168. The average Bonchev–Trinajstić information content (AvgIpc) is 3.47. The molecular formula is C49H35N3Si. The first-order valence-corrected chi connectivity index (χ1v) is 21.2. The second-order valence-electron chi connectivity index (χ2n) is 14.5. The summed E-state index contributed by atoms with van der Waals surface area (Å²) in [5.41, 5.74) is 10.3. The molecule has 10 rings (SSSR count). The minimum atomic E-state index is -1.99. The Labute approximate surface area is 310 Å². The molecule has 0 amide bonds. The SMILES string of the molecule is C[Si]1(C)c2cccc(-c3nc(-c4cccc(-c5ccccc5)c4)nc(-c4ccc5cc(-c6ccccc6)ccc5c4)n3)c2-c2c1ccc1ccccc21. The molecule has 0 saturated heterocycles. The fourth-order valence-electron chi connectivity index (χ4n) is 8.15. The Hall–Kier alpha value is -6.49. The van der Waals surface area contributed by atoms with Crippen molar-refractivity contribution >= 4 is 40.0 Å². The normalized spacial score (nSPS) is 12.9. The molecule has 250 valence electrons. The van der Waals surface area contributed by atoms with Crippen LogP contribution in [0.25, 0.3) is 89.1 Å². The summed E-state index contributed by atoms with van der Waals surface area (Å²) < 4.78 is 0. The molecule has 0 unspecified atom stereocenters. The van der Waals surface area contributed by atoms with E-state index in [0.717, 1.165) is 33.2 Å². The van der Waals surface area contributed by atoms with Gasteiger partial charge in [-0.1, -0.05) is 171 Å². The van der Waals surface area contributed by atoms with Crippen molar-refractivity contribution in [2.75, 3.05) is 0 Å². The second-order valence-corrected chi connectivity index (χ2v) is 18.8. The van der Waals surface area contributed by atoms with Crippen LogP contribution in [0.4, 0.5) is 0 Å². The van der Waals surface area contributed by atoms with E-state index in [1.165, 1.54) is 48.8 Å². The van der Waals surface area contributed by atoms with Crippen LogP contribution < -0.4 is 10.4 Å². The Morgan fingerprint density at radius 3 is 1.58 bits per heavy atom. The monoisotopic (exact) mass is 693 g/mol. The summed E-state index contributed by atoms with van der Waals surface area (Å²) in [5, 5.41) is 7.75. The van der Waals surface area contributed by atoms with E-state index in [9.17, 15) is 0 Å². The van der Waals surface area contributed by atoms with Gasteiger partial charge in [-0.25, -0.2) is 15.0 Å². The fourth-order valence-corrected chi connectivity index (χ4v) is 11.2. The summed E-state index contributed by atoms with van der Waals surface area (Å²) in [6, 6.07) is 62.9. The summed E-state index contributed by atoms with van der Waals surface area (Å²) in [4.78, 5) is 15.8. The molecule has 3 nitrogen and oxygen atoms in total. The molecule has 2 heterocycles. The summed E-state index contributed by atoms with van der Waals surface area (Å²) in [6.07, 6.45) is 0. The van der Waals surface area contributed by atoms with E-state index in [2.05, 4.69) is 183 Å². The highest BCUT2D eigenvalue weighted by atomic mass is 28.3. The molecule has 53 heavy (non-hydrogen) atoms. The van der Waals surface area contributed by atoms with Gasteiger partial charge in [0.25, 0.3) is 0 Å². The molecule has 1 aromatic heterocycles. The molecule has 0 fully saturated rings. The molecule has 0 aliphatic carbocycles. The van der Waals surface area contributed by atoms with Crippen molar-refractivity contribution in [1.82, 2.24) is 15.0 Å². The first kappa shape index (κ1) is 31.3. The number of fused-ring (bicyclic) bond motifs is 6. The topological polar surface area (TPSA) is 38.7 Å². The van der Waals surface area contributed by atoms with E-state index in [4.69, 9.17) is 15.0 Å². The zero-order valence-electron chi connectivity index (χ0n) is 29.6. The van der Waals surface area contributed by atoms with Crippen LogP contribution in [0, 0.1) is 0 Å². The smallest absolute Gasteiger partial charge is 0.164 e. The predicted octanol–water partition coefficient (Wildman–Crippen LogP) is 11.3. The molecule has 8 aromatic carbocycles. The maximum absolute atomic E-state index is 5.32. The fraction of sp³-hybridized carbons (Fsp3) is 0.0408. The highest BCUT2D eigenvalue weighted by Crippen LogP contribution is 2.40. The van der Waals surface area contributed by atoms with Gasteiger partial charge < -0.3 is 0 Å². The summed E-state index contributed by atoms with van der Waals surface area (Å²) in [5.74, 6) is 2.01. The van der Waals surface area contributed by atoms with Crippen LogP contribution in [0.3, 0.4) is 0 Å². The number of benzene rings is 8. The molecule has 4 heteroatoms. The minimum Gasteiger partial charge on any atom is -0.208 e. The van der Waals surface area contributed by atoms with Crippen molar-refractivity contribution in [3.8, 4) is 67.5 Å². The summed E-state index contributed by atoms with van der Waals surface area (Å²) in [7, 11) is -1.99. The zero-order valence-corrected chi connectivity index (χ0v) is 30.6. The largest absolute Gasteiger partial charge is 0.208 e. The van der Waals surface area contributed by atoms with Gasteiger partial charge in [-0.3, -0.25) is 0 Å². The lowest BCUT2D eigenvalue weighted by Crippen LogP contribution is -2.49. The highest BCUT2D eigenvalue weighted by molar-refractivity contribution is 7.04. The van der Waals surface area contributed by atoms with E-state index >= 15 is 0 Å². The maximum Gasteiger partial charge on any atom is 0.164 e. The van der Waals surface area contributed by atoms with Crippen LogP contribution >= 0.6 is 0 Å². The van der Waals surface area contributed by atoms with E-state index in [-0.39, 0.29) is 0 Å². The second kappa shape index (κ2) is 12.3. The standard InChI is InChI=1S/C49H35N3Si/c1-53(2)43-22-12-21-42(46(43)45-41-20-10-9-17-34(41)27-28-44(45)53)49-51-47(39-19-11-18-35(30-39)32-13-5-3-6-14-32)50-48(52-49)40-26-25-37-29-36(23-24-38(37)31-40)33-15-7-4-8-16-33/h3-31H,1-2H3. The summed E-state index contributed by atoms with van der Waals surface area (Å²) in [6.45, 7) is 4.93. The van der Waals surface area contributed by atoms with Gasteiger partial charge in [0.2, 0.25) is 0 Å². The molecule has 0 radical (unpaired) electrons. The lowest BCUT2D eigenvalue weighted by molar-refractivity contribution is 1.08. The number of nitrogens with zero attached hydrogens (tertiary/aromatic N) is 3. The molecular weight excluding hydrogens is 659 g/mol. The van der Waals surface area contributed by atoms with E-state index in [1.54, 1.807) is 0 Å². The van der Waals surface area contributed by atoms with Crippen LogP contribution in [0.5, 0.6) is 0 Å². The summed E-state index contributed by atoms with van der Waals surface area (Å²) >= 11 is 0. The first-order chi connectivity index (χ1) is 26.0. The third-order valence-corrected chi connectivity index (χ3v) is 14.4. The van der Waals surface area contributed by atoms with E-state index in [0.29, 0.717) is 17.5 Å². The molecule has 0 atom stereocenters. The van der Waals surface area contributed by atoms with Gasteiger partial charge in [-0.2, -0.15) is 0 Å². The van der Waals surface area contributed by atoms with Crippen molar-refractivity contribution in [2.45, 2.75) is 13.1 Å². The Bertz CT molecular complexity index is 2860. The Morgan fingerprint density at radius 2 is 0.849 bits per heavy atom. The van der Waals surface area contributed by atoms with E-state index in [1.807, 2.05) is 6.07 Å². The molecule has 0 bridgehead atoms.